The van der Waals surface area contributed by atoms with Crippen molar-refractivity contribution in [3.8, 4) is 0 Å². The van der Waals surface area contributed by atoms with E-state index in [4.69, 9.17) is 9.47 Å². The minimum Gasteiger partial charge on any atom is -0.378 e. The van der Waals surface area contributed by atoms with E-state index in [-0.39, 0.29) is 29.2 Å². The largest absolute Gasteiger partial charge is 0.378 e. The molecule has 1 aromatic rings. The molecule has 27 heavy (non-hydrogen) atoms. The summed E-state index contributed by atoms with van der Waals surface area (Å²) in [7, 11) is 3.61. The third-order valence-corrected chi connectivity index (χ3v) is 6.74. The van der Waals surface area contributed by atoms with E-state index in [1.807, 2.05) is 19.2 Å². The van der Waals surface area contributed by atoms with Crippen LogP contribution >= 0.6 is 0 Å². The molecule has 3 atom stereocenters. The number of amides is 2. The fraction of sp³-hybridized carbons (Fsp3) is 0.667. The van der Waals surface area contributed by atoms with Gasteiger partial charge in [0.05, 0.1) is 18.3 Å². The van der Waals surface area contributed by atoms with E-state index in [9.17, 15) is 4.79 Å². The highest BCUT2D eigenvalue weighted by molar-refractivity contribution is 5.89. The molecule has 1 aliphatic carbocycles. The first-order chi connectivity index (χ1) is 12.7. The van der Waals surface area contributed by atoms with Crippen LogP contribution in [0.4, 0.5) is 16.2 Å². The number of nitrogens with zero attached hydrogens (tertiary/aromatic N) is 2. The van der Waals surface area contributed by atoms with Crippen LogP contribution in [0.25, 0.3) is 0 Å². The van der Waals surface area contributed by atoms with Crippen LogP contribution in [0.2, 0.25) is 0 Å². The van der Waals surface area contributed by atoms with Gasteiger partial charge in [-0.3, -0.25) is 0 Å². The van der Waals surface area contributed by atoms with Gasteiger partial charge in [0.2, 0.25) is 0 Å². The van der Waals surface area contributed by atoms with Gasteiger partial charge in [0.25, 0.3) is 0 Å². The zero-order valence-electron chi connectivity index (χ0n) is 17.4. The number of hydrogen-bond donors (Lipinski definition) is 1. The Labute approximate surface area is 162 Å². The lowest BCUT2D eigenvalue weighted by molar-refractivity contribution is -0.197. The number of hydrogen-bond acceptors (Lipinski definition) is 4. The number of nitrogens with one attached hydrogen (secondary N) is 1. The molecule has 1 saturated heterocycles. The van der Waals surface area contributed by atoms with Crippen molar-refractivity contribution in [1.82, 2.24) is 4.90 Å². The summed E-state index contributed by atoms with van der Waals surface area (Å²) in [5, 5.41) is 3.02. The Bertz CT molecular complexity index is 676. The Morgan fingerprint density at radius 2 is 1.96 bits per heavy atom. The summed E-state index contributed by atoms with van der Waals surface area (Å²) in [4.78, 5) is 16.8. The molecule has 1 aliphatic heterocycles. The van der Waals surface area contributed by atoms with Gasteiger partial charge in [-0.05, 0) is 44.5 Å². The Balaban J connectivity index is 1.60. The van der Waals surface area contributed by atoms with Crippen molar-refractivity contribution in [2.24, 2.45) is 5.41 Å². The fourth-order valence-corrected chi connectivity index (χ4v) is 4.24. The van der Waals surface area contributed by atoms with Crippen molar-refractivity contribution >= 4 is 17.4 Å². The van der Waals surface area contributed by atoms with E-state index < -0.39 is 0 Å². The maximum absolute atomic E-state index is 12.7. The summed E-state index contributed by atoms with van der Waals surface area (Å²) in [6, 6.07) is 8.11. The van der Waals surface area contributed by atoms with Crippen LogP contribution in [0, 0.1) is 5.41 Å². The third kappa shape index (κ3) is 3.65. The number of ether oxygens (including phenoxy) is 2. The molecule has 0 aromatic heterocycles. The van der Waals surface area contributed by atoms with E-state index in [0.717, 1.165) is 37.5 Å². The molecular weight excluding hydrogens is 342 g/mol. The maximum atomic E-state index is 12.7. The lowest BCUT2D eigenvalue weighted by atomic mass is 9.55. The van der Waals surface area contributed by atoms with E-state index >= 15 is 0 Å². The first-order valence-electron chi connectivity index (χ1n) is 9.73. The van der Waals surface area contributed by atoms with Crippen LogP contribution in [-0.2, 0) is 9.47 Å². The second-order valence-corrected chi connectivity index (χ2v) is 8.59. The van der Waals surface area contributed by atoms with Crippen LogP contribution in [0.5, 0.6) is 0 Å². The second-order valence-electron chi connectivity index (χ2n) is 8.59. The van der Waals surface area contributed by atoms with Crippen molar-refractivity contribution in [1.29, 1.82) is 0 Å². The number of methoxy groups -OCH3 is 1. The number of carbonyl (C=O) groups is 1. The highest BCUT2D eigenvalue weighted by Gasteiger charge is 2.59. The van der Waals surface area contributed by atoms with Gasteiger partial charge < -0.3 is 24.6 Å². The van der Waals surface area contributed by atoms with Gasteiger partial charge >= 0.3 is 6.03 Å². The lowest BCUT2D eigenvalue weighted by Crippen LogP contribution is -2.69. The van der Waals surface area contributed by atoms with Crippen molar-refractivity contribution in [3.05, 3.63) is 24.3 Å². The van der Waals surface area contributed by atoms with Gasteiger partial charge in [0.15, 0.2) is 0 Å². The highest BCUT2D eigenvalue weighted by Crippen LogP contribution is 2.53. The molecule has 0 spiro atoms. The summed E-state index contributed by atoms with van der Waals surface area (Å²) >= 11 is 0. The van der Waals surface area contributed by atoms with E-state index in [0.29, 0.717) is 0 Å². The van der Waals surface area contributed by atoms with Crippen molar-refractivity contribution in [2.45, 2.75) is 51.9 Å². The summed E-state index contributed by atoms with van der Waals surface area (Å²) in [6.07, 6.45) is 1.09. The molecule has 3 unspecified atom stereocenters. The van der Waals surface area contributed by atoms with Gasteiger partial charge in [-0.2, -0.15) is 0 Å². The van der Waals surface area contributed by atoms with Gasteiger partial charge in [-0.25, -0.2) is 4.79 Å². The minimum atomic E-state index is -0.191. The number of urea groups is 1. The fourth-order valence-electron chi connectivity index (χ4n) is 4.24. The topological polar surface area (TPSA) is 54.0 Å². The smallest absolute Gasteiger partial charge is 0.321 e. The first kappa shape index (κ1) is 20.0. The molecule has 2 amide bonds. The molecule has 2 aliphatic rings. The average Bonchev–Trinajstić information content (AvgIpc) is 2.65. The molecule has 1 saturated carbocycles. The summed E-state index contributed by atoms with van der Waals surface area (Å²) in [5.41, 5.74) is 1.68. The summed E-state index contributed by atoms with van der Waals surface area (Å²) < 4.78 is 11.3. The third-order valence-electron chi connectivity index (χ3n) is 6.74. The average molecular weight is 376 g/mol. The lowest BCUT2D eigenvalue weighted by Gasteiger charge is -2.61. The standard InChI is InChI=1S/C21H33N3O3/c1-15-14-24(11-12-27-15)17-9-7-16(8-10-17)22-19(25)23(5)18-13-21(4,26-6)20(18,2)3/h7-10,15,18H,11-14H2,1-6H3,(H,22,25). The molecule has 2 fully saturated rings. The van der Waals surface area contributed by atoms with Gasteiger partial charge in [-0.1, -0.05) is 13.8 Å². The molecule has 6 heteroatoms. The van der Waals surface area contributed by atoms with Gasteiger partial charge in [0.1, 0.15) is 0 Å². The highest BCUT2D eigenvalue weighted by atomic mass is 16.5. The van der Waals surface area contributed by atoms with Crippen molar-refractivity contribution < 1.29 is 14.3 Å². The van der Waals surface area contributed by atoms with Crippen LogP contribution in [0.15, 0.2) is 24.3 Å². The van der Waals surface area contributed by atoms with E-state index in [1.54, 1.807) is 12.0 Å². The Hall–Kier alpha value is -1.79. The molecule has 150 valence electrons. The van der Waals surface area contributed by atoms with Crippen molar-refractivity contribution in [2.75, 3.05) is 44.1 Å². The normalized spacial score (nSPS) is 29.8. The van der Waals surface area contributed by atoms with Crippen LogP contribution in [0.1, 0.15) is 34.1 Å². The van der Waals surface area contributed by atoms with Crippen molar-refractivity contribution in [3.63, 3.8) is 0 Å². The summed E-state index contributed by atoms with van der Waals surface area (Å²) in [5.74, 6) is 0. The predicted octanol–water partition coefficient (Wildman–Crippen LogP) is 3.58. The van der Waals surface area contributed by atoms with E-state index in [1.165, 1.54) is 0 Å². The van der Waals surface area contributed by atoms with Crippen LogP contribution in [-0.4, -0.2) is 62.5 Å². The quantitative estimate of drug-likeness (QED) is 0.874. The molecule has 1 heterocycles. The number of benzene rings is 1. The predicted molar refractivity (Wildman–Crippen MR) is 108 cm³/mol. The van der Waals surface area contributed by atoms with Crippen LogP contribution < -0.4 is 10.2 Å². The Morgan fingerprint density at radius 3 is 2.52 bits per heavy atom. The molecule has 0 radical (unpaired) electrons. The Morgan fingerprint density at radius 1 is 1.30 bits per heavy atom. The van der Waals surface area contributed by atoms with Crippen LogP contribution in [0.3, 0.4) is 0 Å². The molecule has 1 aromatic carbocycles. The van der Waals surface area contributed by atoms with Gasteiger partial charge in [0, 0.05) is 50.1 Å². The molecule has 0 bridgehead atoms. The number of morpholine rings is 1. The Kier molecular flexibility index (Phi) is 5.41. The first-order valence-corrected chi connectivity index (χ1v) is 9.73. The zero-order chi connectivity index (χ0) is 19.8. The monoisotopic (exact) mass is 375 g/mol. The maximum Gasteiger partial charge on any atom is 0.321 e. The second kappa shape index (κ2) is 7.32. The minimum absolute atomic E-state index is 0.0843. The number of rotatable bonds is 4. The summed E-state index contributed by atoms with van der Waals surface area (Å²) in [6.45, 7) is 11.1. The number of anilines is 2. The van der Waals surface area contributed by atoms with Gasteiger partial charge in [-0.15, -0.1) is 0 Å². The molecule has 1 N–H and O–H groups in total. The molecular formula is C21H33N3O3. The van der Waals surface area contributed by atoms with E-state index in [2.05, 4.69) is 50.0 Å². The molecule has 6 nitrogen and oxygen atoms in total. The SMILES string of the molecule is COC1(C)CC(N(C)C(=O)Nc2ccc(N3CCOC(C)C3)cc2)C1(C)C. The molecule has 3 rings (SSSR count). The zero-order valence-corrected chi connectivity index (χ0v) is 17.4. The number of carbonyl (C=O) groups excluding carboxylic acids is 1.